The lowest BCUT2D eigenvalue weighted by Gasteiger charge is -2.34. The first-order valence-electron chi connectivity index (χ1n) is 10.00. The quantitative estimate of drug-likeness (QED) is 0.305. The number of ether oxygens (including phenoxy) is 3. The second kappa shape index (κ2) is 7.88. The summed E-state index contributed by atoms with van der Waals surface area (Å²) in [5.41, 5.74) is -0.997. The third-order valence-corrected chi connectivity index (χ3v) is 5.20. The van der Waals surface area contributed by atoms with Crippen molar-refractivity contribution in [3.05, 3.63) is 12.2 Å². The van der Waals surface area contributed by atoms with E-state index in [2.05, 4.69) is 6.58 Å². The minimum atomic E-state index is -0.953. The number of fused-ring (bicyclic) bond motifs is 2. The van der Waals surface area contributed by atoms with E-state index < -0.39 is 29.1 Å². The molecule has 6 nitrogen and oxygen atoms in total. The molecule has 0 aromatic heterocycles. The zero-order chi connectivity index (χ0) is 21.4. The molecule has 0 amide bonds. The first-order chi connectivity index (χ1) is 12.7. The lowest BCUT2D eigenvalue weighted by molar-refractivity contribution is -0.179. The molecule has 2 aliphatic rings. The average molecular weight is 395 g/mol. The van der Waals surface area contributed by atoms with Gasteiger partial charge in [0.15, 0.2) is 5.92 Å². The molecule has 0 aromatic carbocycles. The van der Waals surface area contributed by atoms with Crippen LogP contribution in [0.15, 0.2) is 12.2 Å². The summed E-state index contributed by atoms with van der Waals surface area (Å²) in [5, 5.41) is 0. The van der Waals surface area contributed by atoms with Gasteiger partial charge in [0, 0.05) is 5.57 Å². The van der Waals surface area contributed by atoms with Gasteiger partial charge < -0.3 is 14.2 Å². The molecule has 28 heavy (non-hydrogen) atoms. The molecule has 2 bridgehead atoms. The van der Waals surface area contributed by atoms with Gasteiger partial charge in [0.2, 0.25) is 0 Å². The van der Waals surface area contributed by atoms with Gasteiger partial charge in [-0.05, 0) is 85.5 Å². The molecule has 0 N–H and O–H groups in total. The first-order valence-corrected chi connectivity index (χ1v) is 10.00. The second-order valence-electron chi connectivity index (χ2n) is 10.2. The summed E-state index contributed by atoms with van der Waals surface area (Å²) in [4.78, 5) is 37.6. The summed E-state index contributed by atoms with van der Waals surface area (Å²) in [6.07, 6.45) is 1.95. The molecular formula is C22H34O6. The molecule has 6 heteroatoms. The van der Waals surface area contributed by atoms with Gasteiger partial charge in [-0.3, -0.25) is 9.59 Å². The van der Waals surface area contributed by atoms with Crippen LogP contribution in [-0.4, -0.2) is 35.2 Å². The largest absolute Gasteiger partial charge is 0.459 e. The predicted molar refractivity (Wildman–Crippen MR) is 104 cm³/mol. The van der Waals surface area contributed by atoms with Gasteiger partial charge in [-0.2, -0.15) is 0 Å². The Labute approximate surface area is 168 Å². The van der Waals surface area contributed by atoms with Gasteiger partial charge >= 0.3 is 17.9 Å². The Bertz CT molecular complexity index is 623. The topological polar surface area (TPSA) is 78.9 Å². The van der Waals surface area contributed by atoms with Gasteiger partial charge in [0.05, 0.1) is 0 Å². The van der Waals surface area contributed by atoms with Crippen LogP contribution < -0.4 is 0 Å². The summed E-state index contributed by atoms with van der Waals surface area (Å²) < 4.78 is 16.6. The van der Waals surface area contributed by atoms with E-state index in [4.69, 9.17) is 14.2 Å². The monoisotopic (exact) mass is 394 g/mol. The van der Waals surface area contributed by atoms with Crippen LogP contribution in [0.5, 0.6) is 0 Å². The molecule has 0 aromatic rings. The predicted octanol–water partition coefficient (Wildman–Crippen LogP) is 3.82. The van der Waals surface area contributed by atoms with Crippen molar-refractivity contribution in [3.63, 3.8) is 0 Å². The SMILES string of the molecule is C=C(C)C(=O)OC1CC2CC1CC2C(C(=O)OC(C)(C)C)C(=O)OC(C)(C)C. The molecule has 2 fully saturated rings. The normalized spacial score (nSPS) is 26.9. The fourth-order valence-electron chi connectivity index (χ4n) is 4.23. The van der Waals surface area contributed by atoms with Crippen molar-refractivity contribution in [2.75, 3.05) is 0 Å². The van der Waals surface area contributed by atoms with Gasteiger partial charge in [-0.25, -0.2) is 4.79 Å². The van der Waals surface area contributed by atoms with E-state index in [1.165, 1.54) is 0 Å². The molecule has 158 valence electrons. The number of carbonyl (C=O) groups excluding carboxylic acids is 3. The molecule has 4 atom stereocenters. The minimum absolute atomic E-state index is 0.123. The molecule has 2 aliphatic carbocycles. The molecule has 2 saturated carbocycles. The highest BCUT2D eigenvalue weighted by molar-refractivity contribution is 5.95. The Hall–Kier alpha value is -1.85. The maximum absolute atomic E-state index is 12.9. The number of hydrogen-bond donors (Lipinski definition) is 0. The fraction of sp³-hybridized carbons (Fsp3) is 0.773. The van der Waals surface area contributed by atoms with Crippen molar-refractivity contribution < 1.29 is 28.6 Å². The number of carbonyl (C=O) groups is 3. The summed E-state index contributed by atoms with van der Waals surface area (Å²) in [7, 11) is 0. The molecule has 0 radical (unpaired) electrons. The van der Waals surface area contributed by atoms with Crippen LogP contribution in [0.25, 0.3) is 0 Å². The van der Waals surface area contributed by atoms with Crippen molar-refractivity contribution >= 4 is 17.9 Å². The van der Waals surface area contributed by atoms with E-state index in [9.17, 15) is 14.4 Å². The van der Waals surface area contributed by atoms with Crippen molar-refractivity contribution in [2.24, 2.45) is 23.7 Å². The highest BCUT2D eigenvalue weighted by Crippen LogP contribution is 2.53. The summed E-state index contributed by atoms with van der Waals surface area (Å²) >= 11 is 0. The van der Waals surface area contributed by atoms with E-state index in [1.807, 2.05) is 0 Å². The first kappa shape index (κ1) is 22.4. The van der Waals surface area contributed by atoms with Gasteiger partial charge in [0.1, 0.15) is 17.3 Å². The van der Waals surface area contributed by atoms with Crippen LogP contribution in [0.3, 0.4) is 0 Å². The van der Waals surface area contributed by atoms with E-state index in [0.29, 0.717) is 18.4 Å². The van der Waals surface area contributed by atoms with Gasteiger partial charge in [0.25, 0.3) is 0 Å². The molecule has 0 spiro atoms. The molecular weight excluding hydrogens is 360 g/mol. The van der Waals surface area contributed by atoms with E-state index in [-0.39, 0.29) is 29.8 Å². The van der Waals surface area contributed by atoms with Gasteiger partial charge in [-0.15, -0.1) is 0 Å². The zero-order valence-corrected chi connectivity index (χ0v) is 18.2. The maximum Gasteiger partial charge on any atom is 0.333 e. The summed E-state index contributed by atoms with van der Waals surface area (Å²) in [6, 6.07) is 0. The van der Waals surface area contributed by atoms with Crippen molar-refractivity contribution in [2.45, 2.75) is 85.0 Å². The molecule has 0 saturated heterocycles. The van der Waals surface area contributed by atoms with Crippen LogP contribution in [0.1, 0.15) is 67.7 Å². The lowest BCUT2D eigenvalue weighted by atomic mass is 9.78. The van der Waals surface area contributed by atoms with E-state index in [0.717, 1.165) is 6.42 Å². The maximum atomic E-state index is 12.9. The Kier molecular flexibility index (Phi) is 6.31. The Morgan fingerprint density at radius 3 is 1.71 bits per heavy atom. The van der Waals surface area contributed by atoms with Crippen LogP contribution in [-0.2, 0) is 28.6 Å². The Morgan fingerprint density at radius 2 is 1.36 bits per heavy atom. The van der Waals surface area contributed by atoms with Crippen molar-refractivity contribution in [3.8, 4) is 0 Å². The average Bonchev–Trinajstić information content (AvgIpc) is 3.03. The highest BCUT2D eigenvalue weighted by atomic mass is 16.6. The number of esters is 3. The van der Waals surface area contributed by atoms with Crippen LogP contribution in [0.4, 0.5) is 0 Å². The summed E-state index contributed by atoms with van der Waals surface area (Å²) in [5.74, 6) is -2.29. The minimum Gasteiger partial charge on any atom is -0.459 e. The standard InChI is InChI=1S/C22H34O6/c1-12(2)18(23)26-16-11-13-9-14(16)10-15(13)17(19(24)27-21(3,4)5)20(25)28-22(6,7)8/h13-17H,1,9-11H2,2-8H3. The molecule has 4 unspecified atom stereocenters. The van der Waals surface area contributed by atoms with Crippen LogP contribution in [0.2, 0.25) is 0 Å². The van der Waals surface area contributed by atoms with E-state index in [1.54, 1.807) is 48.5 Å². The zero-order valence-electron chi connectivity index (χ0n) is 18.2. The van der Waals surface area contributed by atoms with E-state index >= 15 is 0 Å². The number of rotatable bonds is 5. The Morgan fingerprint density at radius 1 is 0.857 bits per heavy atom. The second-order valence-corrected chi connectivity index (χ2v) is 10.2. The van der Waals surface area contributed by atoms with Crippen LogP contribution >= 0.6 is 0 Å². The third-order valence-electron chi connectivity index (χ3n) is 5.20. The molecule has 2 rings (SSSR count). The van der Waals surface area contributed by atoms with Gasteiger partial charge in [-0.1, -0.05) is 6.58 Å². The fourth-order valence-corrected chi connectivity index (χ4v) is 4.23. The number of hydrogen-bond acceptors (Lipinski definition) is 6. The lowest BCUT2D eigenvalue weighted by Crippen LogP contribution is -2.43. The van der Waals surface area contributed by atoms with Crippen LogP contribution in [0, 0.1) is 23.7 Å². The molecule has 0 aliphatic heterocycles. The molecule has 0 heterocycles. The highest BCUT2D eigenvalue weighted by Gasteiger charge is 2.54. The summed E-state index contributed by atoms with van der Waals surface area (Å²) in [6.45, 7) is 15.9. The third kappa shape index (κ3) is 5.58. The smallest absolute Gasteiger partial charge is 0.333 e. The van der Waals surface area contributed by atoms with Crippen molar-refractivity contribution in [1.29, 1.82) is 0 Å². The Balaban J connectivity index is 2.15. The van der Waals surface area contributed by atoms with Crippen molar-refractivity contribution in [1.82, 2.24) is 0 Å².